The Hall–Kier alpha value is -2.87. The Bertz CT molecular complexity index is 1210. The quantitative estimate of drug-likeness (QED) is 0.556. The van der Waals surface area contributed by atoms with Crippen molar-refractivity contribution in [2.75, 3.05) is 24.5 Å². The molecular weight excluding hydrogens is 424 g/mol. The van der Waals surface area contributed by atoms with E-state index in [2.05, 4.69) is 48.0 Å². The molecule has 1 atom stereocenters. The monoisotopic (exact) mass is 454 g/mol. The second kappa shape index (κ2) is 9.73. The Morgan fingerprint density at radius 3 is 2.78 bits per heavy atom. The van der Waals surface area contributed by atoms with E-state index in [-0.39, 0.29) is 23.2 Å². The van der Waals surface area contributed by atoms with Gasteiger partial charge in [-0.15, -0.1) is 11.3 Å². The van der Waals surface area contributed by atoms with E-state index in [0.29, 0.717) is 29.6 Å². The summed E-state index contributed by atoms with van der Waals surface area (Å²) in [6.07, 6.45) is 2.77. The van der Waals surface area contributed by atoms with E-state index in [1.165, 1.54) is 27.2 Å². The van der Waals surface area contributed by atoms with E-state index < -0.39 is 0 Å². The number of benzene rings is 1. The first-order valence-electron chi connectivity index (χ1n) is 11.3. The number of aromatic amines is 1. The molecular formula is C24H30N4O3S. The van der Waals surface area contributed by atoms with Gasteiger partial charge in [-0.1, -0.05) is 18.6 Å². The van der Waals surface area contributed by atoms with Crippen molar-refractivity contribution < 1.29 is 4.79 Å². The minimum Gasteiger partial charge on any atom is -0.365 e. The predicted molar refractivity (Wildman–Crippen MR) is 130 cm³/mol. The molecule has 4 rings (SSSR count). The Kier molecular flexibility index (Phi) is 6.79. The molecule has 0 aliphatic carbocycles. The molecule has 8 heteroatoms. The molecule has 1 amide bonds. The van der Waals surface area contributed by atoms with Gasteiger partial charge in [0.1, 0.15) is 4.70 Å². The van der Waals surface area contributed by atoms with Gasteiger partial charge < -0.3 is 14.8 Å². The maximum absolute atomic E-state index is 12.7. The van der Waals surface area contributed by atoms with Gasteiger partial charge >= 0.3 is 5.69 Å². The minimum absolute atomic E-state index is 0.191. The Balaban J connectivity index is 1.23. The third-order valence-electron chi connectivity index (χ3n) is 6.18. The molecule has 170 valence electrons. The molecule has 0 saturated carbocycles. The van der Waals surface area contributed by atoms with Gasteiger partial charge in [0.05, 0.1) is 5.52 Å². The minimum atomic E-state index is -0.363. The van der Waals surface area contributed by atoms with Crippen LogP contribution in [-0.2, 0) is 11.3 Å². The van der Waals surface area contributed by atoms with Crippen LogP contribution >= 0.6 is 11.3 Å². The van der Waals surface area contributed by atoms with Crippen molar-refractivity contribution in [3.63, 3.8) is 0 Å². The van der Waals surface area contributed by atoms with Crippen molar-refractivity contribution in [2.45, 2.75) is 52.1 Å². The number of nitrogens with one attached hydrogen (secondary N) is 1. The second-order valence-electron chi connectivity index (χ2n) is 8.58. The van der Waals surface area contributed by atoms with Crippen LogP contribution in [0.4, 0.5) is 5.69 Å². The molecule has 7 nitrogen and oxygen atoms in total. The number of hydrogen-bond acceptors (Lipinski definition) is 5. The van der Waals surface area contributed by atoms with Gasteiger partial charge in [0.15, 0.2) is 0 Å². The zero-order chi connectivity index (χ0) is 22.7. The molecule has 1 aliphatic rings. The molecule has 1 aromatic carbocycles. The van der Waals surface area contributed by atoms with Crippen molar-refractivity contribution >= 4 is 33.1 Å². The van der Waals surface area contributed by atoms with Crippen molar-refractivity contribution in [1.82, 2.24) is 14.5 Å². The SMILES string of the molecule is Cc1cccc(N2CCN(C(=O)CCCCCn3c(=O)[nH]c4ccsc4c3=O)C[C@H]2C)c1. The highest BCUT2D eigenvalue weighted by molar-refractivity contribution is 7.17. The summed E-state index contributed by atoms with van der Waals surface area (Å²) in [5, 5.41) is 1.81. The summed E-state index contributed by atoms with van der Waals surface area (Å²) in [5.74, 6) is 0.191. The standard InChI is InChI=1S/C24H30N4O3S/c1-17-7-6-8-19(15-17)27-13-12-26(16-18(27)2)21(29)9-4-3-5-11-28-23(30)22-20(10-14-32-22)25-24(28)31/h6-8,10,14-15,18H,3-5,9,11-13,16H2,1-2H3,(H,25,31)/t18-/m1/s1. The lowest BCUT2D eigenvalue weighted by atomic mass is 10.1. The van der Waals surface area contributed by atoms with Crippen LogP contribution in [0, 0.1) is 6.92 Å². The molecule has 1 aliphatic heterocycles. The zero-order valence-corrected chi connectivity index (χ0v) is 19.5. The normalized spacial score (nSPS) is 16.6. The Morgan fingerprint density at radius 2 is 2.00 bits per heavy atom. The molecule has 0 bridgehead atoms. The van der Waals surface area contributed by atoms with Crippen LogP contribution in [0.1, 0.15) is 38.2 Å². The molecule has 2 aromatic heterocycles. The van der Waals surface area contributed by atoms with Crippen LogP contribution in [0.15, 0.2) is 45.3 Å². The number of amides is 1. The molecule has 3 aromatic rings. The topological polar surface area (TPSA) is 78.4 Å². The summed E-state index contributed by atoms with van der Waals surface area (Å²) in [6.45, 7) is 6.96. The van der Waals surface area contributed by atoms with E-state index in [9.17, 15) is 14.4 Å². The van der Waals surface area contributed by atoms with Gasteiger partial charge in [-0.3, -0.25) is 14.2 Å². The number of carbonyl (C=O) groups excluding carboxylic acids is 1. The number of rotatable bonds is 7. The first-order valence-corrected chi connectivity index (χ1v) is 12.1. The Morgan fingerprint density at radius 1 is 1.16 bits per heavy atom. The molecule has 0 spiro atoms. The largest absolute Gasteiger partial charge is 0.365 e. The van der Waals surface area contributed by atoms with Gasteiger partial charge in [-0.2, -0.15) is 0 Å². The molecule has 0 unspecified atom stereocenters. The van der Waals surface area contributed by atoms with E-state index in [4.69, 9.17) is 0 Å². The summed E-state index contributed by atoms with van der Waals surface area (Å²) in [5.41, 5.74) is 2.47. The molecule has 1 saturated heterocycles. The predicted octanol–water partition coefficient (Wildman–Crippen LogP) is 3.36. The summed E-state index contributed by atoms with van der Waals surface area (Å²) in [6, 6.07) is 10.5. The lowest BCUT2D eigenvalue weighted by Crippen LogP contribution is -2.53. The van der Waals surface area contributed by atoms with E-state index >= 15 is 0 Å². The van der Waals surface area contributed by atoms with E-state index in [1.807, 2.05) is 4.90 Å². The highest BCUT2D eigenvalue weighted by Gasteiger charge is 2.26. The number of piperazine rings is 1. The highest BCUT2D eigenvalue weighted by Crippen LogP contribution is 2.22. The lowest BCUT2D eigenvalue weighted by molar-refractivity contribution is -0.132. The van der Waals surface area contributed by atoms with E-state index in [1.54, 1.807) is 11.4 Å². The third-order valence-corrected chi connectivity index (χ3v) is 7.08. The first-order chi connectivity index (χ1) is 15.4. The maximum atomic E-state index is 12.7. The first kappa shape index (κ1) is 22.3. The van der Waals surface area contributed by atoms with Crippen LogP contribution in [0.2, 0.25) is 0 Å². The average Bonchev–Trinajstić information content (AvgIpc) is 3.24. The van der Waals surface area contributed by atoms with Gasteiger partial charge in [-0.05, 0) is 55.8 Å². The fourth-order valence-electron chi connectivity index (χ4n) is 4.43. The van der Waals surface area contributed by atoms with Gasteiger partial charge in [0, 0.05) is 44.3 Å². The molecule has 32 heavy (non-hydrogen) atoms. The fourth-order valence-corrected chi connectivity index (χ4v) is 5.23. The zero-order valence-electron chi connectivity index (χ0n) is 18.7. The van der Waals surface area contributed by atoms with Crippen LogP contribution in [-0.4, -0.2) is 46.0 Å². The number of carbonyl (C=O) groups is 1. The van der Waals surface area contributed by atoms with Gasteiger partial charge in [0.25, 0.3) is 5.56 Å². The van der Waals surface area contributed by atoms with Crippen molar-refractivity contribution in [3.8, 4) is 0 Å². The smallest absolute Gasteiger partial charge is 0.328 e. The molecule has 0 radical (unpaired) electrons. The number of H-pyrrole nitrogens is 1. The molecule has 1 N–H and O–H groups in total. The van der Waals surface area contributed by atoms with Gasteiger partial charge in [-0.25, -0.2) is 4.79 Å². The number of hydrogen-bond donors (Lipinski definition) is 1. The van der Waals surface area contributed by atoms with Crippen molar-refractivity contribution in [3.05, 3.63) is 62.1 Å². The number of anilines is 1. The second-order valence-corrected chi connectivity index (χ2v) is 9.50. The maximum Gasteiger partial charge on any atom is 0.328 e. The summed E-state index contributed by atoms with van der Waals surface area (Å²) >= 11 is 1.34. The average molecular weight is 455 g/mol. The Labute approximate surface area is 191 Å². The van der Waals surface area contributed by atoms with Crippen LogP contribution < -0.4 is 16.1 Å². The number of nitrogens with zero attached hydrogens (tertiary/aromatic N) is 3. The highest BCUT2D eigenvalue weighted by atomic mass is 32.1. The number of thiophene rings is 1. The summed E-state index contributed by atoms with van der Waals surface area (Å²) in [4.78, 5) is 44.4. The molecule has 1 fully saturated rings. The number of fused-ring (bicyclic) bond motifs is 1. The van der Waals surface area contributed by atoms with Crippen molar-refractivity contribution in [1.29, 1.82) is 0 Å². The number of aryl methyl sites for hydroxylation is 1. The van der Waals surface area contributed by atoms with E-state index in [0.717, 1.165) is 32.5 Å². The number of unbranched alkanes of at least 4 members (excludes halogenated alkanes) is 2. The van der Waals surface area contributed by atoms with Crippen molar-refractivity contribution in [2.24, 2.45) is 0 Å². The number of aromatic nitrogens is 2. The lowest BCUT2D eigenvalue weighted by Gasteiger charge is -2.41. The van der Waals surface area contributed by atoms with Gasteiger partial charge in [0.2, 0.25) is 5.91 Å². The third kappa shape index (κ3) is 4.80. The molecule has 3 heterocycles. The van der Waals surface area contributed by atoms with Crippen LogP contribution in [0.25, 0.3) is 10.2 Å². The summed E-state index contributed by atoms with van der Waals surface area (Å²) < 4.78 is 1.85. The van der Waals surface area contributed by atoms with Crippen LogP contribution in [0.5, 0.6) is 0 Å². The van der Waals surface area contributed by atoms with Crippen LogP contribution in [0.3, 0.4) is 0 Å². The fraction of sp³-hybridized carbons (Fsp3) is 0.458. The summed E-state index contributed by atoms with van der Waals surface area (Å²) in [7, 11) is 0.